The van der Waals surface area contributed by atoms with Gasteiger partial charge in [0.2, 0.25) is 70.9 Å². The minimum atomic E-state index is -1.84. The molecule has 7 rings (SSSR count). The lowest BCUT2D eigenvalue weighted by atomic mass is 9.93. The molecule has 2 aromatic carbocycles. The summed E-state index contributed by atoms with van der Waals surface area (Å²) >= 11 is 0.989. The highest BCUT2D eigenvalue weighted by atomic mass is 32.2. The molecular weight excluding hydrogens is 1230 g/mol. The molecule has 502 valence electrons. The molecule has 15 N–H and O–H groups in total. The maximum absolute atomic E-state index is 15.0. The van der Waals surface area contributed by atoms with Crippen LogP contribution >= 0.6 is 11.8 Å². The zero-order valence-corrected chi connectivity index (χ0v) is 52.9. The van der Waals surface area contributed by atoms with Crippen LogP contribution in [0, 0.1) is 17.8 Å². The Balaban J connectivity index is 1.14. The Morgan fingerprint density at radius 2 is 1.39 bits per heavy atom. The van der Waals surface area contributed by atoms with Gasteiger partial charge in [-0.2, -0.15) is 0 Å². The second-order valence-corrected chi connectivity index (χ2v) is 24.7. The molecule has 93 heavy (non-hydrogen) atoms. The Kier molecular flexibility index (Phi) is 24.7. The number of H-pyrrole nitrogens is 1. The smallest absolute Gasteiger partial charge is 0.253 e. The first-order valence-corrected chi connectivity index (χ1v) is 31.5. The van der Waals surface area contributed by atoms with E-state index in [1.165, 1.54) is 26.0 Å². The molecule has 2 bridgehead atoms. The average Bonchev–Trinajstić information content (AvgIpc) is 1.70. The van der Waals surface area contributed by atoms with Gasteiger partial charge in [-0.05, 0) is 48.1 Å². The standard InChI is InChI=1S/C61H80N14O17S/c1-7-30(4)51-57(89)64-24-46(81)67-41-28-93-60-37(36-10-8-9-11-38(36)70-60)21-39(54(86)63-25-47(82)72-51)68-59(91)52(31(5)43(78)27-76)73-56(88)42-20-35(77)26-75(42)61(92)40(69-55(41)87)22-45(80)62-23-33-12-14-34(15-13-33)66-53(85)32(6)65-58(90)50(29(2)3)71-44(79)18-19-74-48(83)16-17-49(74)84/h8-17,29-32,35,39-43,50-52,70,76-78H,7,18-28H2,1-6H3,(H,62,80)(H,63,86)(H,64,89)(H,65,90)(H,66,85)(H,67,81)(H,68,91)(H,69,87)(H,71,79)(H,72,82)(H,73,88)/t30-,31-,32-,35+,39-,40?,41-,42-,43-,50?,51-,52-/m0/s1. The highest BCUT2D eigenvalue weighted by Gasteiger charge is 2.45. The van der Waals surface area contributed by atoms with Gasteiger partial charge in [-0.3, -0.25) is 72.0 Å². The Bertz CT molecular complexity index is 3380. The van der Waals surface area contributed by atoms with Crippen LogP contribution in [-0.2, 0) is 80.1 Å². The van der Waals surface area contributed by atoms with Crippen LogP contribution in [0.4, 0.5) is 5.69 Å². The largest absolute Gasteiger partial charge is 0.394 e. The molecule has 12 atom stereocenters. The molecule has 2 unspecified atom stereocenters. The highest BCUT2D eigenvalue weighted by Crippen LogP contribution is 2.32. The molecule has 31 nitrogen and oxygen atoms in total. The number of imide groups is 1. The van der Waals surface area contributed by atoms with E-state index in [1.54, 1.807) is 64.1 Å². The van der Waals surface area contributed by atoms with E-state index >= 15 is 4.79 Å². The number of para-hydroxylation sites is 1. The fourth-order valence-electron chi connectivity index (χ4n) is 10.7. The SMILES string of the molecule is CC[C@H](C)[C@@H]1NC(=O)CNC(=O)[C@@H]2Cc3c([nH]c4ccccc34)SC[C@H](NC(=O)CNC1=O)C(=O)NC(CC(=O)NCc1ccc(NC(=O)[C@H](C)NC(=O)C(NC(=O)CCN3C(=O)C=CC3=O)C(C)C)cc1)C(=O)N1C[C@H](O)C[C@H]1C(=O)N[C@@H]([C@@H](C)[C@@H](O)CO)C(=O)N2. The van der Waals surface area contributed by atoms with Crippen LogP contribution in [0.25, 0.3) is 10.9 Å². The molecule has 1 saturated heterocycles. The number of aromatic amines is 1. The van der Waals surface area contributed by atoms with Crippen molar-refractivity contribution < 1.29 is 82.4 Å². The first-order chi connectivity index (χ1) is 44.2. The predicted molar refractivity (Wildman–Crippen MR) is 333 cm³/mol. The zero-order chi connectivity index (χ0) is 68.0. The molecule has 14 amide bonds. The molecule has 0 radical (unpaired) electrons. The normalized spacial score (nSPS) is 23.7. The number of nitrogens with zero attached hydrogens (tertiary/aromatic N) is 2. The number of fused-ring (bicyclic) bond motifs is 5. The van der Waals surface area contributed by atoms with Gasteiger partial charge in [-0.15, -0.1) is 11.8 Å². The van der Waals surface area contributed by atoms with Crippen LogP contribution in [0.5, 0.6) is 0 Å². The van der Waals surface area contributed by atoms with Crippen molar-refractivity contribution in [2.45, 2.75) is 146 Å². The Morgan fingerprint density at radius 3 is 2.05 bits per heavy atom. The molecule has 0 saturated carbocycles. The van der Waals surface area contributed by atoms with E-state index in [4.69, 9.17) is 0 Å². The van der Waals surface area contributed by atoms with Crippen LogP contribution in [0.15, 0.2) is 65.7 Å². The summed E-state index contributed by atoms with van der Waals surface area (Å²) in [7, 11) is 0. The molecular formula is C61H80N14O17S. The number of rotatable bonds is 18. The van der Waals surface area contributed by atoms with Gasteiger partial charge in [0.05, 0.1) is 43.4 Å². The van der Waals surface area contributed by atoms with Crippen molar-refractivity contribution in [3.63, 3.8) is 0 Å². The first-order valence-electron chi connectivity index (χ1n) is 30.5. The molecule has 32 heteroatoms. The Labute approximate surface area is 538 Å². The van der Waals surface area contributed by atoms with E-state index in [1.807, 2.05) is 0 Å². The van der Waals surface area contributed by atoms with Crippen LogP contribution in [-0.4, -0.2) is 212 Å². The quantitative estimate of drug-likeness (QED) is 0.0541. The zero-order valence-electron chi connectivity index (χ0n) is 52.1. The van der Waals surface area contributed by atoms with E-state index in [0.29, 0.717) is 33.5 Å². The number of aromatic nitrogens is 1. The number of carbonyl (C=O) groups is 14. The summed E-state index contributed by atoms with van der Waals surface area (Å²) in [5.41, 5.74) is 1.68. The number of aliphatic hydroxyl groups excluding tert-OH is 3. The highest BCUT2D eigenvalue weighted by molar-refractivity contribution is 7.99. The number of thioether (sulfide) groups is 1. The number of carbonyl (C=O) groups excluding carboxylic acids is 14. The van der Waals surface area contributed by atoms with Gasteiger partial charge in [0.25, 0.3) is 11.8 Å². The van der Waals surface area contributed by atoms with Crippen LogP contribution in [0.2, 0.25) is 0 Å². The fourth-order valence-corrected chi connectivity index (χ4v) is 11.9. The lowest BCUT2D eigenvalue weighted by Gasteiger charge is -2.33. The third-order valence-corrected chi connectivity index (χ3v) is 17.6. The third kappa shape index (κ3) is 18.7. The summed E-state index contributed by atoms with van der Waals surface area (Å²) in [5.74, 6) is -14.0. The summed E-state index contributed by atoms with van der Waals surface area (Å²) in [6.07, 6.45) is -2.30. The summed E-state index contributed by atoms with van der Waals surface area (Å²) in [4.78, 5) is 197. The number of nitrogens with one attached hydrogen (secondary N) is 12. The van der Waals surface area contributed by atoms with Crippen molar-refractivity contribution in [2.24, 2.45) is 17.8 Å². The van der Waals surface area contributed by atoms with E-state index in [9.17, 15) is 77.6 Å². The van der Waals surface area contributed by atoms with Gasteiger partial charge in [0.1, 0.15) is 48.3 Å². The molecule has 4 aliphatic heterocycles. The second-order valence-electron chi connectivity index (χ2n) is 23.7. The number of hydrogen-bond donors (Lipinski definition) is 15. The molecule has 4 aliphatic rings. The van der Waals surface area contributed by atoms with Gasteiger partial charge in [-0.1, -0.05) is 71.4 Å². The number of benzene rings is 2. The van der Waals surface area contributed by atoms with Gasteiger partial charge in [0, 0.05) is 79.3 Å². The molecule has 1 fully saturated rings. The van der Waals surface area contributed by atoms with E-state index in [0.717, 1.165) is 33.7 Å². The van der Waals surface area contributed by atoms with Gasteiger partial charge in [0.15, 0.2) is 0 Å². The lowest BCUT2D eigenvalue weighted by Crippen LogP contribution is -2.62. The summed E-state index contributed by atoms with van der Waals surface area (Å²) < 4.78 is 0. The molecule has 5 heterocycles. The second kappa shape index (κ2) is 32.3. The predicted octanol–water partition coefficient (Wildman–Crippen LogP) is -3.91. The fraction of sp³-hybridized carbons (Fsp3) is 0.508. The number of anilines is 1. The maximum atomic E-state index is 15.0. The third-order valence-electron chi connectivity index (χ3n) is 16.5. The molecule has 0 spiro atoms. The lowest BCUT2D eigenvalue weighted by molar-refractivity contribution is -0.144. The summed E-state index contributed by atoms with van der Waals surface area (Å²) in [5, 5.41) is 61.5. The van der Waals surface area contributed by atoms with Crippen molar-refractivity contribution in [3.05, 3.63) is 71.8 Å². The molecule has 3 aromatic rings. The average molecular weight is 1310 g/mol. The summed E-state index contributed by atoms with van der Waals surface area (Å²) in [6, 6.07) is 1.18. The van der Waals surface area contributed by atoms with Gasteiger partial charge in [-0.25, -0.2) is 0 Å². The number of amides is 14. The number of hydrogen-bond acceptors (Lipinski definition) is 18. The van der Waals surface area contributed by atoms with Crippen LogP contribution < -0.4 is 58.5 Å². The van der Waals surface area contributed by atoms with E-state index in [2.05, 4.69) is 63.5 Å². The van der Waals surface area contributed by atoms with E-state index < -0.39 is 200 Å². The monoisotopic (exact) mass is 1310 g/mol. The van der Waals surface area contributed by atoms with Crippen molar-refractivity contribution in [1.29, 1.82) is 0 Å². The summed E-state index contributed by atoms with van der Waals surface area (Å²) in [6.45, 7) is 6.32. The van der Waals surface area contributed by atoms with Crippen LogP contribution in [0.3, 0.4) is 0 Å². The molecule has 1 aromatic heterocycles. The minimum absolute atomic E-state index is 0.190. The van der Waals surface area contributed by atoms with Crippen molar-refractivity contribution in [1.82, 2.24) is 68.0 Å². The van der Waals surface area contributed by atoms with E-state index in [-0.39, 0.29) is 37.4 Å². The topological polar surface area (TPSA) is 454 Å². The van der Waals surface area contributed by atoms with Gasteiger partial charge < -0.3 is 83.7 Å². The van der Waals surface area contributed by atoms with Crippen molar-refractivity contribution in [2.75, 3.05) is 43.9 Å². The number of aliphatic hydroxyl groups is 3. The van der Waals surface area contributed by atoms with Crippen molar-refractivity contribution in [3.8, 4) is 0 Å². The Hall–Kier alpha value is -9.27. The first kappa shape index (κ1) is 71.2. The van der Waals surface area contributed by atoms with Crippen LogP contribution in [0.1, 0.15) is 78.4 Å². The van der Waals surface area contributed by atoms with Crippen molar-refractivity contribution >= 4 is 111 Å². The minimum Gasteiger partial charge on any atom is -0.394 e. The maximum Gasteiger partial charge on any atom is 0.253 e. The van der Waals surface area contributed by atoms with Gasteiger partial charge >= 0.3 is 0 Å². The Morgan fingerprint density at radius 1 is 0.720 bits per heavy atom. The molecule has 0 aliphatic carbocycles.